The van der Waals surface area contributed by atoms with Crippen LogP contribution in [0.1, 0.15) is 26.2 Å². The van der Waals surface area contributed by atoms with E-state index in [1.165, 1.54) is 52.0 Å². The third kappa shape index (κ3) is 1.79. The highest BCUT2D eigenvalue weighted by atomic mass is 15.4. The van der Waals surface area contributed by atoms with Crippen LogP contribution in [0.4, 0.5) is 0 Å². The lowest BCUT2D eigenvalue weighted by molar-refractivity contribution is 0.0645. The number of rotatable bonds is 2. The number of hydrogen-bond acceptors (Lipinski definition) is 3. The highest BCUT2D eigenvalue weighted by molar-refractivity contribution is 5.01. The van der Waals surface area contributed by atoms with Crippen LogP contribution in [0.5, 0.6) is 0 Å². The van der Waals surface area contributed by atoms with Gasteiger partial charge in [0.25, 0.3) is 0 Å². The lowest BCUT2D eigenvalue weighted by Crippen LogP contribution is -2.52. The highest BCUT2D eigenvalue weighted by Crippen LogP contribution is 2.33. The molecule has 16 heavy (non-hydrogen) atoms. The summed E-state index contributed by atoms with van der Waals surface area (Å²) in [6.07, 6.45) is 4.24. The average Bonchev–Trinajstić information content (AvgIpc) is 2.88. The summed E-state index contributed by atoms with van der Waals surface area (Å²) >= 11 is 0. The Labute approximate surface area is 99.4 Å². The van der Waals surface area contributed by atoms with Crippen LogP contribution < -0.4 is 0 Å². The number of likely N-dealkylation sites (N-methyl/N-ethyl adjacent to an activating group) is 1. The van der Waals surface area contributed by atoms with Crippen molar-refractivity contribution in [3.63, 3.8) is 0 Å². The smallest absolute Gasteiger partial charge is 0.0242 e. The Morgan fingerprint density at radius 1 is 1.00 bits per heavy atom. The molecule has 0 radical (unpaired) electrons. The summed E-state index contributed by atoms with van der Waals surface area (Å²) in [4.78, 5) is 7.98. The number of hydrogen-bond donors (Lipinski definition) is 0. The van der Waals surface area contributed by atoms with Crippen LogP contribution in [0.15, 0.2) is 0 Å². The molecule has 3 fully saturated rings. The fourth-order valence-electron chi connectivity index (χ4n) is 3.91. The highest BCUT2D eigenvalue weighted by Gasteiger charge is 2.44. The summed E-state index contributed by atoms with van der Waals surface area (Å²) in [6, 6.07) is 2.65. The van der Waals surface area contributed by atoms with Crippen LogP contribution in [-0.4, -0.2) is 72.6 Å². The van der Waals surface area contributed by atoms with E-state index in [0.717, 1.165) is 18.1 Å². The summed E-state index contributed by atoms with van der Waals surface area (Å²) in [5.41, 5.74) is 0. The zero-order valence-corrected chi connectivity index (χ0v) is 10.7. The first-order valence-electron chi connectivity index (χ1n) is 6.96. The van der Waals surface area contributed by atoms with Crippen LogP contribution >= 0.6 is 0 Å². The predicted octanol–water partition coefficient (Wildman–Crippen LogP) is 0.859. The first-order chi connectivity index (χ1) is 7.78. The minimum absolute atomic E-state index is 0.870. The van der Waals surface area contributed by atoms with E-state index in [9.17, 15) is 0 Å². The Morgan fingerprint density at radius 3 is 2.25 bits per heavy atom. The summed E-state index contributed by atoms with van der Waals surface area (Å²) in [5, 5.41) is 0. The van der Waals surface area contributed by atoms with Crippen molar-refractivity contribution >= 4 is 0 Å². The van der Waals surface area contributed by atoms with E-state index in [0.29, 0.717) is 0 Å². The molecular weight excluding hydrogens is 198 g/mol. The van der Waals surface area contributed by atoms with Crippen LogP contribution in [0.2, 0.25) is 0 Å². The zero-order chi connectivity index (χ0) is 11.1. The van der Waals surface area contributed by atoms with Gasteiger partial charge in [0.05, 0.1) is 0 Å². The summed E-state index contributed by atoms with van der Waals surface area (Å²) in [7, 11) is 2.29. The maximum Gasteiger partial charge on any atom is 0.0242 e. The molecule has 3 saturated heterocycles. The second kappa shape index (κ2) is 4.28. The molecule has 3 nitrogen and oxygen atoms in total. The van der Waals surface area contributed by atoms with Gasteiger partial charge in [-0.25, -0.2) is 0 Å². The van der Waals surface area contributed by atoms with E-state index < -0.39 is 0 Å². The van der Waals surface area contributed by atoms with E-state index in [2.05, 4.69) is 28.7 Å². The fourth-order valence-corrected chi connectivity index (χ4v) is 3.91. The lowest BCUT2D eigenvalue weighted by atomic mass is 10.0. The largest absolute Gasteiger partial charge is 0.303 e. The number of nitrogens with zero attached hydrogens (tertiary/aromatic N) is 3. The second-order valence-electron chi connectivity index (χ2n) is 5.85. The molecule has 0 N–H and O–H groups in total. The predicted molar refractivity (Wildman–Crippen MR) is 66.7 cm³/mol. The minimum atomic E-state index is 0.870. The summed E-state index contributed by atoms with van der Waals surface area (Å²) in [5.74, 6) is 0. The molecule has 0 aromatic rings. The first kappa shape index (κ1) is 11.0. The van der Waals surface area contributed by atoms with Gasteiger partial charge in [-0.05, 0) is 45.9 Å². The molecule has 0 aromatic heterocycles. The molecular formula is C13H25N3. The molecule has 3 aliphatic rings. The Morgan fingerprint density at radius 2 is 1.75 bits per heavy atom. The lowest BCUT2D eigenvalue weighted by Gasteiger charge is -2.41. The maximum atomic E-state index is 2.83. The Hall–Kier alpha value is -0.120. The van der Waals surface area contributed by atoms with Crippen molar-refractivity contribution in [3.05, 3.63) is 0 Å². The number of fused-ring (bicyclic) bond motifs is 2. The van der Waals surface area contributed by atoms with Crippen molar-refractivity contribution in [1.29, 1.82) is 0 Å². The number of piperazine rings is 1. The Bertz CT molecular complexity index is 246. The third-order valence-electron chi connectivity index (χ3n) is 5.03. The van der Waals surface area contributed by atoms with Crippen LogP contribution in [-0.2, 0) is 0 Å². The van der Waals surface area contributed by atoms with Gasteiger partial charge in [0.15, 0.2) is 0 Å². The average molecular weight is 223 g/mol. The van der Waals surface area contributed by atoms with Gasteiger partial charge in [0, 0.05) is 31.2 Å². The Kier molecular flexibility index (Phi) is 2.94. The normalized spacial score (nSPS) is 38.6. The van der Waals surface area contributed by atoms with Gasteiger partial charge in [-0.15, -0.1) is 0 Å². The van der Waals surface area contributed by atoms with E-state index in [-0.39, 0.29) is 0 Å². The monoisotopic (exact) mass is 223 g/mol. The van der Waals surface area contributed by atoms with Crippen molar-refractivity contribution in [2.45, 2.75) is 44.3 Å². The van der Waals surface area contributed by atoms with Crippen molar-refractivity contribution in [1.82, 2.24) is 14.7 Å². The summed E-state index contributed by atoms with van der Waals surface area (Å²) < 4.78 is 0. The van der Waals surface area contributed by atoms with Gasteiger partial charge in [-0.2, -0.15) is 0 Å². The zero-order valence-electron chi connectivity index (χ0n) is 10.7. The quantitative estimate of drug-likeness (QED) is 0.687. The topological polar surface area (TPSA) is 9.72 Å². The molecule has 0 amide bonds. The van der Waals surface area contributed by atoms with Crippen LogP contribution in [0.3, 0.4) is 0 Å². The van der Waals surface area contributed by atoms with Crippen LogP contribution in [0, 0.1) is 0 Å². The maximum absolute atomic E-state index is 2.83. The fraction of sp³-hybridized carbons (Fsp3) is 1.00. The molecule has 0 saturated carbocycles. The molecule has 0 spiro atoms. The number of piperidine rings is 1. The van der Waals surface area contributed by atoms with Gasteiger partial charge in [0.1, 0.15) is 0 Å². The molecule has 2 bridgehead atoms. The van der Waals surface area contributed by atoms with Crippen molar-refractivity contribution in [2.24, 2.45) is 0 Å². The molecule has 3 aliphatic heterocycles. The molecule has 0 aliphatic carbocycles. The molecule has 3 heteroatoms. The van der Waals surface area contributed by atoms with Gasteiger partial charge in [-0.1, -0.05) is 6.92 Å². The Balaban J connectivity index is 1.56. The molecule has 3 rings (SSSR count). The van der Waals surface area contributed by atoms with Gasteiger partial charge >= 0.3 is 0 Å². The van der Waals surface area contributed by atoms with Crippen LogP contribution in [0.25, 0.3) is 0 Å². The van der Waals surface area contributed by atoms with Gasteiger partial charge < -0.3 is 9.80 Å². The van der Waals surface area contributed by atoms with E-state index in [4.69, 9.17) is 0 Å². The van der Waals surface area contributed by atoms with Crippen molar-refractivity contribution in [3.8, 4) is 0 Å². The molecule has 92 valence electrons. The van der Waals surface area contributed by atoms with Gasteiger partial charge in [-0.3, -0.25) is 4.90 Å². The minimum Gasteiger partial charge on any atom is -0.303 e. The molecule has 2 unspecified atom stereocenters. The van der Waals surface area contributed by atoms with E-state index >= 15 is 0 Å². The van der Waals surface area contributed by atoms with E-state index in [1.54, 1.807) is 0 Å². The summed E-state index contributed by atoms with van der Waals surface area (Å²) in [6.45, 7) is 8.83. The second-order valence-corrected chi connectivity index (χ2v) is 5.85. The third-order valence-corrected chi connectivity index (χ3v) is 5.03. The molecule has 3 heterocycles. The first-order valence-corrected chi connectivity index (χ1v) is 6.96. The van der Waals surface area contributed by atoms with Crippen molar-refractivity contribution < 1.29 is 0 Å². The SMILES string of the molecule is CCN1CCC(N2CC3CC2CN3C)CC1. The molecule has 0 aromatic carbocycles. The standard InChI is InChI=1S/C13H25N3/c1-3-15-6-4-11(5-7-15)16-10-12-8-13(16)9-14(12)2/h11-13H,3-10H2,1-2H3. The molecule has 2 atom stereocenters. The van der Waals surface area contributed by atoms with Crippen molar-refractivity contribution in [2.75, 3.05) is 39.8 Å². The van der Waals surface area contributed by atoms with E-state index in [1.807, 2.05) is 0 Å². The van der Waals surface area contributed by atoms with Gasteiger partial charge in [0.2, 0.25) is 0 Å². The number of likely N-dealkylation sites (tertiary alicyclic amines) is 3.